The van der Waals surface area contributed by atoms with Crippen molar-refractivity contribution in [3.8, 4) is 0 Å². The minimum Gasteiger partial charge on any atom is -0.314 e. The molecule has 0 saturated heterocycles. The van der Waals surface area contributed by atoms with Crippen molar-refractivity contribution in [1.29, 1.82) is 0 Å². The molecule has 2 unspecified atom stereocenters. The van der Waals surface area contributed by atoms with Crippen LogP contribution in [0.5, 0.6) is 0 Å². The molecule has 2 atom stereocenters. The van der Waals surface area contributed by atoms with E-state index in [1.165, 1.54) is 64.3 Å². The molecule has 0 spiro atoms. The maximum absolute atomic E-state index is 3.75. The molecule has 0 aliphatic heterocycles. The van der Waals surface area contributed by atoms with Gasteiger partial charge in [-0.15, -0.1) is 0 Å². The smallest absolute Gasteiger partial charge is 0.00698 e. The summed E-state index contributed by atoms with van der Waals surface area (Å²) >= 11 is 0. The Morgan fingerprint density at radius 1 is 0.941 bits per heavy atom. The molecule has 2 aliphatic carbocycles. The lowest BCUT2D eigenvalue weighted by Crippen LogP contribution is -2.37. The molecular formula is C16H31N. The van der Waals surface area contributed by atoms with E-state index >= 15 is 0 Å². The van der Waals surface area contributed by atoms with Crippen molar-refractivity contribution in [2.75, 3.05) is 6.54 Å². The molecule has 1 nitrogen and oxygen atoms in total. The Labute approximate surface area is 108 Å². The maximum atomic E-state index is 3.75. The second-order valence-electron chi connectivity index (χ2n) is 6.60. The Morgan fingerprint density at radius 2 is 1.71 bits per heavy atom. The zero-order chi connectivity index (χ0) is 12.1. The van der Waals surface area contributed by atoms with Crippen LogP contribution < -0.4 is 5.32 Å². The molecule has 2 fully saturated rings. The van der Waals surface area contributed by atoms with Gasteiger partial charge in [0, 0.05) is 6.04 Å². The lowest BCUT2D eigenvalue weighted by molar-refractivity contribution is 0.154. The van der Waals surface area contributed by atoms with Crippen LogP contribution in [0.1, 0.15) is 71.6 Å². The van der Waals surface area contributed by atoms with E-state index in [0.29, 0.717) is 0 Å². The van der Waals surface area contributed by atoms with Crippen molar-refractivity contribution in [3.05, 3.63) is 0 Å². The van der Waals surface area contributed by atoms with Gasteiger partial charge in [0.25, 0.3) is 0 Å². The first kappa shape index (κ1) is 13.4. The lowest BCUT2D eigenvalue weighted by atomic mass is 9.70. The molecule has 0 heterocycles. The van der Waals surface area contributed by atoms with E-state index in [2.05, 4.69) is 19.2 Å². The first-order valence-corrected chi connectivity index (χ1v) is 8.03. The van der Waals surface area contributed by atoms with E-state index in [-0.39, 0.29) is 0 Å². The number of nitrogens with one attached hydrogen (secondary N) is 1. The Kier molecular flexibility index (Phi) is 5.34. The highest BCUT2D eigenvalue weighted by molar-refractivity contribution is 4.84. The van der Waals surface area contributed by atoms with E-state index in [1.54, 1.807) is 0 Å². The molecule has 0 amide bonds. The Hall–Kier alpha value is -0.0400. The average molecular weight is 237 g/mol. The van der Waals surface area contributed by atoms with Crippen LogP contribution in [0, 0.1) is 17.8 Å². The highest BCUT2D eigenvalue weighted by atomic mass is 14.9. The summed E-state index contributed by atoms with van der Waals surface area (Å²) in [5, 5.41) is 3.75. The fourth-order valence-corrected chi connectivity index (χ4v) is 3.95. The van der Waals surface area contributed by atoms with Crippen molar-refractivity contribution in [1.82, 2.24) is 5.32 Å². The van der Waals surface area contributed by atoms with Gasteiger partial charge in [-0.3, -0.25) is 0 Å². The van der Waals surface area contributed by atoms with Crippen LogP contribution in [-0.2, 0) is 0 Å². The summed E-state index contributed by atoms with van der Waals surface area (Å²) in [5.74, 6) is 3.12. The van der Waals surface area contributed by atoms with Gasteiger partial charge >= 0.3 is 0 Å². The zero-order valence-electron chi connectivity index (χ0n) is 11.9. The highest BCUT2D eigenvalue weighted by Gasteiger charge is 2.30. The number of rotatable bonds is 4. The molecule has 17 heavy (non-hydrogen) atoms. The third kappa shape index (κ3) is 3.98. The van der Waals surface area contributed by atoms with Crippen LogP contribution in [0.15, 0.2) is 0 Å². The quantitative estimate of drug-likeness (QED) is 0.765. The molecule has 2 saturated carbocycles. The average Bonchev–Trinajstić information content (AvgIpc) is 2.37. The lowest BCUT2D eigenvalue weighted by Gasteiger charge is -2.38. The molecule has 0 radical (unpaired) electrons. The topological polar surface area (TPSA) is 12.0 Å². The van der Waals surface area contributed by atoms with E-state index < -0.39 is 0 Å². The van der Waals surface area contributed by atoms with Crippen molar-refractivity contribution >= 4 is 0 Å². The summed E-state index contributed by atoms with van der Waals surface area (Å²) in [7, 11) is 0. The molecule has 2 aliphatic rings. The second-order valence-corrected chi connectivity index (χ2v) is 6.60. The largest absolute Gasteiger partial charge is 0.314 e. The Bertz CT molecular complexity index is 206. The highest BCUT2D eigenvalue weighted by Crippen LogP contribution is 2.39. The van der Waals surface area contributed by atoms with Gasteiger partial charge in [-0.1, -0.05) is 39.5 Å². The van der Waals surface area contributed by atoms with Gasteiger partial charge in [0.1, 0.15) is 0 Å². The summed E-state index contributed by atoms with van der Waals surface area (Å²) in [6.45, 7) is 5.93. The van der Waals surface area contributed by atoms with Crippen LogP contribution in [0.3, 0.4) is 0 Å². The summed E-state index contributed by atoms with van der Waals surface area (Å²) in [6, 6.07) is 0.841. The molecule has 2 rings (SSSR count). The molecule has 100 valence electrons. The molecular weight excluding hydrogens is 206 g/mol. The first-order chi connectivity index (χ1) is 8.29. The normalized spacial score (nSPS) is 39.2. The van der Waals surface area contributed by atoms with Crippen molar-refractivity contribution in [3.63, 3.8) is 0 Å². The van der Waals surface area contributed by atoms with Gasteiger partial charge in [0.2, 0.25) is 0 Å². The predicted octanol–water partition coefficient (Wildman–Crippen LogP) is 4.37. The third-order valence-electron chi connectivity index (χ3n) is 5.12. The number of hydrogen-bond acceptors (Lipinski definition) is 1. The number of hydrogen-bond donors (Lipinski definition) is 1. The fraction of sp³-hybridized carbons (Fsp3) is 1.00. The van der Waals surface area contributed by atoms with Gasteiger partial charge in [0.05, 0.1) is 0 Å². The predicted molar refractivity (Wildman–Crippen MR) is 75.2 cm³/mol. The first-order valence-electron chi connectivity index (χ1n) is 8.03. The summed E-state index contributed by atoms with van der Waals surface area (Å²) in [6.07, 6.45) is 13.2. The standard InChI is InChI=1S/C16H31N/c1-3-11-17-16-6-4-5-15(12-16)14-9-7-13(2)8-10-14/h13-17H,3-12H2,1-2H3. The second kappa shape index (κ2) is 6.78. The molecule has 0 aromatic carbocycles. The molecule has 1 N–H and O–H groups in total. The van der Waals surface area contributed by atoms with E-state index in [4.69, 9.17) is 0 Å². The van der Waals surface area contributed by atoms with Crippen molar-refractivity contribution in [2.24, 2.45) is 17.8 Å². The van der Waals surface area contributed by atoms with Crippen molar-refractivity contribution < 1.29 is 0 Å². The van der Waals surface area contributed by atoms with Gasteiger partial charge in [0.15, 0.2) is 0 Å². The zero-order valence-corrected chi connectivity index (χ0v) is 11.9. The fourth-order valence-electron chi connectivity index (χ4n) is 3.95. The molecule has 0 bridgehead atoms. The van der Waals surface area contributed by atoms with Gasteiger partial charge in [-0.25, -0.2) is 0 Å². The van der Waals surface area contributed by atoms with Gasteiger partial charge < -0.3 is 5.32 Å². The van der Waals surface area contributed by atoms with Crippen LogP contribution in [0.25, 0.3) is 0 Å². The maximum Gasteiger partial charge on any atom is 0.00698 e. The summed E-state index contributed by atoms with van der Waals surface area (Å²) in [4.78, 5) is 0. The van der Waals surface area contributed by atoms with E-state index in [9.17, 15) is 0 Å². The molecule has 1 heteroatoms. The monoisotopic (exact) mass is 237 g/mol. The van der Waals surface area contributed by atoms with Crippen molar-refractivity contribution in [2.45, 2.75) is 77.7 Å². The Morgan fingerprint density at radius 3 is 2.41 bits per heavy atom. The van der Waals surface area contributed by atoms with E-state index in [0.717, 1.165) is 23.8 Å². The van der Waals surface area contributed by atoms with Crippen LogP contribution in [0.4, 0.5) is 0 Å². The third-order valence-corrected chi connectivity index (χ3v) is 5.12. The summed E-state index contributed by atoms with van der Waals surface area (Å²) < 4.78 is 0. The van der Waals surface area contributed by atoms with Crippen LogP contribution in [-0.4, -0.2) is 12.6 Å². The van der Waals surface area contributed by atoms with Gasteiger partial charge in [-0.2, -0.15) is 0 Å². The van der Waals surface area contributed by atoms with Crippen LogP contribution in [0.2, 0.25) is 0 Å². The van der Waals surface area contributed by atoms with E-state index in [1.807, 2.05) is 0 Å². The minimum atomic E-state index is 0.841. The molecule has 0 aromatic rings. The Balaban J connectivity index is 1.76. The SMILES string of the molecule is CCCNC1CCCC(C2CCC(C)CC2)C1. The van der Waals surface area contributed by atoms with Gasteiger partial charge in [-0.05, 0) is 56.4 Å². The molecule has 0 aromatic heterocycles. The van der Waals surface area contributed by atoms with Crippen LogP contribution >= 0.6 is 0 Å². The summed E-state index contributed by atoms with van der Waals surface area (Å²) in [5.41, 5.74) is 0. The minimum absolute atomic E-state index is 0.841.